The molecule has 0 aliphatic carbocycles. The largest absolute Gasteiger partial charge is 0.351 e. The number of rotatable bonds is 3. The van der Waals surface area contributed by atoms with Gasteiger partial charge in [0.15, 0.2) is 0 Å². The van der Waals surface area contributed by atoms with Crippen LogP contribution in [0.4, 0.5) is 10.5 Å². The Hall–Kier alpha value is -2.53. The van der Waals surface area contributed by atoms with Crippen LogP contribution in [-0.2, 0) is 4.79 Å². The Kier molecular flexibility index (Phi) is 5.18. The SMILES string of the molecule is CC(C)CN1C(=O)CN(C(N)=O)C(c2ccccc2)c2cc(Cl)ccc21. The Morgan fingerprint density at radius 1 is 1.23 bits per heavy atom. The standard InChI is InChI=1S/C20H22ClN3O2/c1-13(2)11-23-17-9-8-15(21)10-16(17)19(14-6-4-3-5-7-14)24(20(22)26)12-18(23)25/h3-10,13,19H,11-12H2,1-2H3,(H2,22,26). The van der Waals surface area contributed by atoms with Crippen molar-refractivity contribution in [3.63, 3.8) is 0 Å². The van der Waals surface area contributed by atoms with Crippen LogP contribution in [0.3, 0.4) is 0 Å². The Bertz CT molecular complexity index is 823. The van der Waals surface area contributed by atoms with E-state index in [1.54, 1.807) is 11.0 Å². The lowest BCUT2D eigenvalue weighted by molar-refractivity contribution is -0.119. The van der Waals surface area contributed by atoms with Crippen molar-refractivity contribution in [2.45, 2.75) is 19.9 Å². The third-order valence-corrected chi connectivity index (χ3v) is 4.67. The quantitative estimate of drug-likeness (QED) is 0.891. The van der Waals surface area contributed by atoms with Crippen LogP contribution >= 0.6 is 11.6 Å². The molecule has 1 atom stereocenters. The summed E-state index contributed by atoms with van der Waals surface area (Å²) in [5.74, 6) is 0.122. The van der Waals surface area contributed by atoms with Gasteiger partial charge in [-0.1, -0.05) is 55.8 Å². The highest BCUT2D eigenvalue weighted by Crippen LogP contribution is 2.39. The fraction of sp³-hybridized carbons (Fsp3) is 0.300. The predicted molar refractivity (Wildman–Crippen MR) is 103 cm³/mol. The van der Waals surface area contributed by atoms with Gasteiger partial charge in [0.1, 0.15) is 6.54 Å². The number of hydrogen-bond donors (Lipinski definition) is 1. The first-order valence-electron chi connectivity index (χ1n) is 8.59. The van der Waals surface area contributed by atoms with E-state index in [1.165, 1.54) is 4.90 Å². The number of amides is 3. The van der Waals surface area contributed by atoms with E-state index in [0.717, 1.165) is 16.8 Å². The molecule has 0 saturated heterocycles. The molecule has 1 unspecified atom stereocenters. The van der Waals surface area contributed by atoms with Crippen LogP contribution in [-0.4, -0.2) is 29.9 Å². The van der Waals surface area contributed by atoms with E-state index >= 15 is 0 Å². The van der Waals surface area contributed by atoms with Crippen molar-refractivity contribution >= 4 is 29.2 Å². The average molecular weight is 372 g/mol. The maximum atomic E-state index is 12.9. The third kappa shape index (κ3) is 3.53. The average Bonchev–Trinajstić information content (AvgIpc) is 2.71. The minimum absolute atomic E-state index is 0.0755. The fourth-order valence-electron chi connectivity index (χ4n) is 3.38. The lowest BCUT2D eigenvalue weighted by Gasteiger charge is -2.29. The van der Waals surface area contributed by atoms with Crippen molar-refractivity contribution in [1.82, 2.24) is 4.90 Å². The van der Waals surface area contributed by atoms with Crippen LogP contribution in [0.2, 0.25) is 5.02 Å². The molecule has 26 heavy (non-hydrogen) atoms. The van der Waals surface area contributed by atoms with E-state index < -0.39 is 12.1 Å². The highest BCUT2D eigenvalue weighted by atomic mass is 35.5. The minimum Gasteiger partial charge on any atom is -0.351 e. The van der Waals surface area contributed by atoms with Crippen LogP contribution in [0.1, 0.15) is 31.0 Å². The summed E-state index contributed by atoms with van der Waals surface area (Å²) in [5.41, 5.74) is 8.10. The minimum atomic E-state index is -0.635. The smallest absolute Gasteiger partial charge is 0.316 e. The molecule has 0 saturated carbocycles. The molecule has 3 amide bonds. The molecular formula is C20H22ClN3O2. The van der Waals surface area contributed by atoms with Gasteiger partial charge in [-0.3, -0.25) is 4.79 Å². The van der Waals surface area contributed by atoms with Gasteiger partial charge in [-0.05, 0) is 29.7 Å². The van der Waals surface area contributed by atoms with Crippen LogP contribution in [0, 0.1) is 5.92 Å². The maximum absolute atomic E-state index is 12.9. The Labute approximate surface area is 158 Å². The molecule has 0 spiro atoms. The first-order valence-corrected chi connectivity index (χ1v) is 8.97. The molecule has 2 aromatic carbocycles. The zero-order valence-corrected chi connectivity index (χ0v) is 15.6. The molecule has 3 rings (SSSR count). The van der Waals surface area contributed by atoms with Crippen molar-refractivity contribution in [2.24, 2.45) is 11.7 Å². The first-order chi connectivity index (χ1) is 12.4. The summed E-state index contributed by atoms with van der Waals surface area (Å²) in [6.07, 6.45) is 0. The van der Waals surface area contributed by atoms with Crippen molar-refractivity contribution in [3.8, 4) is 0 Å². The topological polar surface area (TPSA) is 66.6 Å². The van der Waals surface area contributed by atoms with E-state index in [-0.39, 0.29) is 18.4 Å². The molecule has 0 radical (unpaired) electrons. The summed E-state index contributed by atoms with van der Waals surface area (Å²) in [4.78, 5) is 28.3. The second-order valence-electron chi connectivity index (χ2n) is 6.88. The molecule has 1 aliphatic rings. The van der Waals surface area contributed by atoms with E-state index in [2.05, 4.69) is 0 Å². The van der Waals surface area contributed by atoms with Crippen LogP contribution in [0.25, 0.3) is 0 Å². The highest BCUT2D eigenvalue weighted by molar-refractivity contribution is 6.30. The molecule has 1 aliphatic heterocycles. The van der Waals surface area contributed by atoms with Crippen molar-refractivity contribution in [3.05, 3.63) is 64.7 Å². The van der Waals surface area contributed by atoms with Gasteiger partial charge in [0.25, 0.3) is 0 Å². The highest BCUT2D eigenvalue weighted by Gasteiger charge is 2.36. The van der Waals surface area contributed by atoms with Gasteiger partial charge in [-0.15, -0.1) is 0 Å². The van der Waals surface area contributed by atoms with Crippen molar-refractivity contribution in [1.29, 1.82) is 0 Å². The fourth-order valence-corrected chi connectivity index (χ4v) is 3.56. The molecule has 1 heterocycles. The molecule has 0 fully saturated rings. The maximum Gasteiger partial charge on any atom is 0.316 e. The number of hydrogen-bond acceptors (Lipinski definition) is 2. The van der Waals surface area contributed by atoms with Crippen LogP contribution in [0.5, 0.6) is 0 Å². The van der Waals surface area contributed by atoms with E-state index in [0.29, 0.717) is 11.6 Å². The number of urea groups is 1. The zero-order valence-electron chi connectivity index (χ0n) is 14.9. The second kappa shape index (κ2) is 7.38. The normalized spacial score (nSPS) is 17.2. The lowest BCUT2D eigenvalue weighted by Crippen LogP contribution is -2.44. The molecule has 6 heteroatoms. The Balaban J connectivity index is 2.24. The predicted octanol–water partition coefficient (Wildman–Crippen LogP) is 3.81. The summed E-state index contributed by atoms with van der Waals surface area (Å²) < 4.78 is 0. The number of carbonyl (C=O) groups is 2. The number of benzene rings is 2. The van der Waals surface area contributed by atoms with Crippen LogP contribution < -0.4 is 10.6 Å². The van der Waals surface area contributed by atoms with Gasteiger partial charge in [0.05, 0.1) is 6.04 Å². The van der Waals surface area contributed by atoms with E-state index in [9.17, 15) is 9.59 Å². The molecule has 5 nitrogen and oxygen atoms in total. The van der Waals surface area contributed by atoms with Gasteiger partial charge in [-0.2, -0.15) is 0 Å². The monoisotopic (exact) mass is 371 g/mol. The molecule has 0 aromatic heterocycles. The summed E-state index contributed by atoms with van der Waals surface area (Å²) in [5, 5.41) is 0.549. The Morgan fingerprint density at radius 2 is 1.92 bits per heavy atom. The second-order valence-corrected chi connectivity index (χ2v) is 7.32. The molecule has 2 aromatic rings. The van der Waals surface area contributed by atoms with E-state index in [1.807, 2.05) is 56.3 Å². The molecular weight excluding hydrogens is 350 g/mol. The van der Waals surface area contributed by atoms with Gasteiger partial charge >= 0.3 is 6.03 Å². The number of nitrogens with two attached hydrogens (primary N) is 1. The number of primary amides is 1. The number of fused-ring (bicyclic) bond motifs is 1. The van der Waals surface area contributed by atoms with Gasteiger partial charge in [0, 0.05) is 22.8 Å². The van der Waals surface area contributed by atoms with Crippen molar-refractivity contribution < 1.29 is 9.59 Å². The van der Waals surface area contributed by atoms with E-state index in [4.69, 9.17) is 17.3 Å². The van der Waals surface area contributed by atoms with Gasteiger partial charge in [-0.25, -0.2) is 4.79 Å². The van der Waals surface area contributed by atoms with Gasteiger partial charge in [0.2, 0.25) is 5.91 Å². The summed E-state index contributed by atoms with van der Waals surface area (Å²) in [6, 6.07) is 13.9. The Morgan fingerprint density at radius 3 is 2.54 bits per heavy atom. The van der Waals surface area contributed by atoms with Crippen molar-refractivity contribution in [2.75, 3.05) is 18.0 Å². The summed E-state index contributed by atoms with van der Waals surface area (Å²) in [6.45, 7) is 4.58. The van der Waals surface area contributed by atoms with Gasteiger partial charge < -0.3 is 15.5 Å². The number of anilines is 1. The third-order valence-electron chi connectivity index (χ3n) is 4.44. The molecule has 2 N–H and O–H groups in total. The zero-order chi connectivity index (χ0) is 18.8. The molecule has 0 bridgehead atoms. The first kappa shape index (κ1) is 18.3. The number of halogens is 1. The summed E-state index contributed by atoms with van der Waals surface area (Å²) in [7, 11) is 0. The number of nitrogens with zero attached hydrogens (tertiary/aromatic N) is 2. The lowest BCUT2D eigenvalue weighted by atomic mass is 9.95. The number of carbonyl (C=O) groups excluding carboxylic acids is 2. The molecule has 136 valence electrons. The van der Waals surface area contributed by atoms with Crippen LogP contribution in [0.15, 0.2) is 48.5 Å². The summed E-state index contributed by atoms with van der Waals surface area (Å²) >= 11 is 6.26.